The lowest BCUT2D eigenvalue weighted by Crippen LogP contribution is -2.61. The van der Waals surface area contributed by atoms with E-state index in [4.69, 9.17) is 0 Å². The normalized spacial score (nSPS) is 29.1. The van der Waals surface area contributed by atoms with Crippen LogP contribution in [0.5, 0.6) is 0 Å². The molecule has 4 heterocycles. The predicted molar refractivity (Wildman–Crippen MR) is 92.8 cm³/mol. The van der Waals surface area contributed by atoms with Crippen molar-refractivity contribution < 1.29 is 1.43 Å². The highest BCUT2D eigenvalue weighted by Crippen LogP contribution is 2.44. The third-order valence-electron chi connectivity index (χ3n) is 5.14. The van der Waals surface area contributed by atoms with Crippen molar-refractivity contribution in [2.45, 2.75) is 51.5 Å². The number of thioether (sulfide) groups is 1. The van der Waals surface area contributed by atoms with Crippen LogP contribution in [0.2, 0.25) is 0 Å². The van der Waals surface area contributed by atoms with E-state index in [0.29, 0.717) is 5.54 Å². The van der Waals surface area contributed by atoms with Crippen molar-refractivity contribution in [3.05, 3.63) is 0 Å². The van der Waals surface area contributed by atoms with Crippen LogP contribution in [0.15, 0.2) is 0 Å². The van der Waals surface area contributed by atoms with E-state index in [2.05, 4.69) is 27.7 Å². The molecule has 4 rings (SSSR count). The Kier molecular flexibility index (Phi) is 6.66. The summed E-state index contributed by atoms with van der Waals surface area (Å²) in [5.74, 6) is 2.88. The average molecular weight is 302 g/mol. The molecule has 0 aromatic heterocycles. The van der Waals surface area contributed by atoms with Crippen LogP contribution in [0.25, 0.3) is 0 Å². The molecule has 4 saturated heterocycles. The lowest BCUT2D eigenvalue weighted by atomic mass is 9.80. The first-order valence-corrected chi connectivity index (χ1v) is 9.72. The van der Waals surface area contributed by atoms with Crippen molar-refractivity contribution in [1.29, 1.82) is 0 Å². The summed E-state index contributed by atoms with van der Waals surface area (Å²) in [7, 11) is 0. The van der Waals surface area contributed by atoms with Crippen LogP contribution in [-0.2, 0) is 0 Å². The maximum absolute atomic E-state index is 3.52. The molecule has 4 aliphatic heterocycles. The molecule has 3 nitrogen and oxygen atoms in total. The van der Waals surface area contributed by atoms with Gasteiger partial charge < -0.3 is 16.0 Å². The molecular weight excluding hydrogens is 266 g/mol. The third-order valence-corrected chi connectivity index (χ3v) is 6.78. The molecule has 4 aliphatic rings. The fraction of sp³-hybridized carbons (Fsp3) is 1.00. The van der Waals surface area contributed by atoms with Crippen molar-refractivity contribution in [1.82, 2.24) is 16.0 Å². The number of hydrogen-bond acceptors (Lipinski definition) is 4. The van der Waals surface area contributed by atoms with Crippen molar-refractivity contribution in [3.63, 3.8) is 0 Å². The second-order valence-electron chi connectivity index (χ2n) is 6.45. The maximum Gasteiger partial charge on any atom is 0.0217 e. The number of rotatable bonds is 0. The Morgan fingerprint density at radius 2 is 1.25 bits per heavy atom. The molecule has 0 saturated carbocycles. The van der Waals surface area contributed by atoms with E-state index in [1.54, 1.807) is 0 Å². The van der Waals surface area contributed by atoms with Gasteiger partial charge in [-0.15, -0.1) is 0 Å². The summed E-state index contributed by atoms with van der Waals surface area (Å²) >= 11 is 2.11. The zero-order valence-corrected chi connectivity index (χ0v) is 14.2. The number of hydrogen-bond donors (Lipinski definition) is 3. The first-order valence-electron chi connectivity index (χ1n) is 8.57. The van der Waals surface area contributed by atoms with E-state index < -0.39 is 0 Å². The molecular formula is C16H35N3S. The first kappa shape index (κ1) is 16.6. The standard InChI is InChI=1S/C7H14N2.C7H13NS.C2H6.H2/c1-4-8-5-2-7(1)3-6-9-7;1-3-8-4-2-7(1)5-9-6-7;1-2;/h8-9H,1-6H2;8H,1-6H2;1-2H3;1H. The van der Waals surface area contributed by atoms with Crippen molar-refractivity contribution in [2.24, 2.45) is 5.41 Å². The van der Waals surface area contributed by atoms with Gasteiger partial charge in [-0.25, -0.2) is 0 Å². The smallest absolute Gasteiger partial charge is 0.0217 e. The summed E-state index contributed by atoms with van der Waals surface area (Å²) in [6, 6.07) is 0. The van der Waals surface area contributed by atoms with E-state index in [0.717, 1.165) is 5.41 Å². The van der Waals surface area contributed by atoms with Gasteiger partial charge in [0.1, 0.15) is 0 Å². The van der Waals surface area contributed by atoms with E-state index >= 15 is 0 Å². The molecule has 2 spiro atoms. The Balaban J connectivity index is 0.000000181. The second-order valence-corrected chi connectivity index (χ2v) is 7.44. The lowest BCUT2D eigenvalue weighted by Gasteiger charge is -2.46. The molecule has 0 atom stereocenters. The summed E-state index contributed by atoms with van der Waals surface area (Å²) in [5.41, 5.74) is 1.39. The zero-order valence-electron chi connectivity index (χ0n) is 13.4. The minimum atomic E-state index is 0. The summed E-state index contributed by atoms with van der Waals surface area (Å²) in [6.07, 6.45) is 6.95. The molecule has 3 N–H and O–H groups in total. The SMILES string of the molecule is C1CC2(CCN1)CCN2.C1CC2(CCN1)CSC2.CC.[HH]. The molecule has 0 aromatic carbocycles. The van der Waals surface area contributed by atoms with Crippen LogP contribution in [0.3, 0.4) is 0 Å². The molecule has 0 aliphatic carbocycles. The van der Waals surface area contributed by atoms with Gasteiger partial charge in [0.25, 0.3) is 0 Å². The van der Waals surface area contributed by atoms with Gasteiger partial charge in [-0.2, -0.15) is 11.8 Å². The van der Waals surface area contributed by atoms with E-state index in [1.165, 1.54) is 76.3 Å². The highest BCUT2D eigenvalue weighted by atomic mass is 32.2. The van der Waals surface area contributed by atoms with E-state index in [1.807, 2.05) is 13.8 Å². The Morgan fingerprint density at radius 1 is 0.750 bits per heavy atom. The zero-order chi connectivity index (χ0) is 14.3. The average Bonchev–Trinajstić information content (AvgIpc) is 2.49. The Hall–Kier alpha value is 0.230. The highest BCUT2D eigenvalue weighted by Gasteiger charge is 2.38. The Morgan fingerprint density at radius 3 is 1.50 bits per heavy atom. The van der Waals surface area contributed by atoms with Gasteiger partial charge >= 0.3 is 0 Å². The number of piperidine rings is 2. The van der Waals surface area contributed by atoms with Crippen LogP contribution in [0.4, 0.5) is 0 Å². The van der Waals surface area contributed by atoms with Gasteiger partial charge in [-0.05, 0) is 81.7 Å². The molecule has 120 valence electrons. The molecule has 0 unspecified atom stereocenters. The Bertz CT molecular complexity index is 237. The van der Waals surface area contributed by atoms with Crippen LogP contribution < -0.4 is 16.0 Å². The van der Waals surface area contributed by atoms with Crippen molar-refractivity contribution >= 4 is 11.8 Å². The summed E-state index contributed by atoms with van der Waals surface area (Å²) in [5, 5.41) is 10.3. The van der Waals surface area contributed by atoms with Gasteiger partial charge in [0, 0.05) is 6.97 Å². The topological polar surface area (TPSA) is 36.1 Å². The largest absolute Gasteiger partial charge is 0.317 e. The predicted octanol–water partition coefficient (Wildman–Crippen LogP) is 2.48. The molecule has 0 radical (unpaired) electrons. The first-order chi connectivity index (χ1) is 9.83. The fourth-order valence-electron chi connectivity index (χ4n) is 3.45. The lowest BCUT2D eigenvalue weighted by molar-refractivity contribution is 0.153. The summed E-state index contributed by atoms with van der Waals surface area (Å²) in [4.78, 5) is 0. The highest BCUT2D eigenvalue weighted by molar-refractivity contribution is 8.00. The van der Waals surface area contributed by atoms with Gasteiger partial charge in [0.2, 0.25) is 0 Å². The van der Waals surface area contributed by atoms with Crippen molar-refractivity contribution in [3.8, 4) is 0 Å². The summed E-state index contributed by atoms with van der Waals surface area (Å²) in [6.45, 7) is 10.2. The minimum absolute atomic E-state index is 0. The second kappa shape index (κ2) is 8.02. The Labute approximate surface area is 130 Å². The molecule has 0 aromatic rings. The van der Waals surface area contributed by atoms with Crippen LogP contribution in [-0.4, -0.2) is 49.8 Å². The van der Waals surface area contributed by atoms with Crippen LogP contribution >= 0.6 is 11.8 Å². The van der Waals surface area contributed by atoms with E-state index in [9.17, 15) is 0 Å². The maximum atomic E-state index is 3.52. The van der Waals surface area contributed by atoms with Crippen molar-refractivity contribution in [2.75, 3.05) is 44.2 Å². The van der Waals surface area contributed by atoms with Gasteiger partial charge in [-0.3, -0.25) is 0 Å². The summed E-state index contributed by atoms with van der Waals surface area (Å²) < 4.78 is 0. The van der Waals surface area contributed by atoms with Gasteiger partial charge in [0.15, 0.2) is 0 Å². The van der Waals surface area contributed by atoms with Gasteiger partial charge in [-0.1, -0.05) is 13.8 Å². The van der Waals surface area contributed by atoms with E-state index in [-0.39, 0.29) is 1.43 Å². The quantitative estimate of drug-likeness (QED) is 0.642. The minimum Gasteiger partial charge on any atom is -0.317 e. The molecule has 20 heavy (non-hydrogen) atoms. The van der Waals surface area contributed by atoms with Crippen LogP contribution in [0.1, 0.15) is 47.4 Å². The fourth-order valence-corrected chi connectivity index (χ4v) is 4.81. The molecule has 4 fully saturated rings. The molecule has 0 amide bonds. The number of nitrogens with one attached hydrogen (secondary N) is 3. The third kappa shape index (κ3) is 4.12. The van der Waals surface area contributed by atoms with Gasteiger partial charge in [0.05, 0.1) is 0 Å². The van der Waals surface area contributed by atoms with Crippen LogP contribution in [0, 0.1) is 5.41 Å². The molecule has 4 heteroatoms. The monoisotopic (exact) mass is 301 g/mol. The molecule has 0 bridgehead atoms.